The summed E-state index contributed by atoms with van der Waals surface area (Å²) in [6, 6.07) is 5.51. The Morgan fingerprint density at radius 3 is 2.42 bits per heavy atom. The summed E-state index contributed by atoms with van der Waals surface area (Å²) in [4.78, 5) is 18.2. The first-order chi connectivity index (χ1) is 12.6. The molecular formula is C20H26Cl2N2O2. The zero-order chi connectivity index (χ0) is 18.1. The zero-order valence-corrected chi connectivity index (χ0v) is 16.6. The lowest BCUT2D eigenvalue weighted by Crippen LogP contribution is -2.56. The van der Waals surface area contributed by atoms with E-state index in [1.54, 1.807) is 6.07 Å². The Bertz CT molecular complexity index is 664. The van der Waals surface area contributed by atoms with E-state index in [2.05, 4.69) is 4.90 Å². The van der Waals surface area contributed by atoms with Crippen LogP contribution < -0.4 is 0 Å². The molecule has 3 aliphatic rings. The molecule has 6 heteroatoms. The van der Waals surface area contributed by atoms with Gasteiger partial charge in [-0.15, -0.1) is 0 Å². The summed E-state index contributed by atoms with van der Waals surface area (Å²) in [6.45, 7) is 5.94. The minimum absolute atomic E-state index is 0.205. The van der Waals surface area contributed by atoms with Gasteiger partial charge in [0.2, 0.25) is 5.91 Å². The van der Waals surface area contributed by atoms with Gasteiger partial charge in [0, 0.05) is 56.0 Å². The second-order valence-corrected chi connectivity index (χ2v) is 8.70. The second kappa shape index (κ2) is 7.67. The lowest BCUT2D eigenvalue weighted by Gasteiger charge is -2.43. The summed E-state index contributed by atoms with van der Waals surface area (Å²) < 4.78 is 5.57. The van der Waals surface area contributed by atoms with Gasteiger partial charge in [0.05, 0.1) is 5.41 Å². The fourth-order valence-corrected chi connectivity index (χ4v) is 4.89. The third kappa shape index (κ3) is 3.75. The Morgan fingerprint density at radius 1 is 1.12 bits per heavy atom. The maximum atomic E-state index is 13.6. The molecule has 0 unspecified atom stereocenters. The lowest BCUT2D eigenvalue weighted by molar-refractivity contribution is -0.143. The highest BCUT2D eigenvalue weighted by atomic mass is 35.5. The average Bonchev–Trinajstić information content (AvgIpc) is 3.46. The Hall–Kier alpha value is -0.810. The van der Waals surface area contributed by atoms with E-state index in [1.165, 1.54) is 19.4 Å². The van der Waals surface area contributed by atoms with Gasteiger partial charge in [0.15, 0.2) is 0 Å². The van der Waals surface area contributed by atoms with E-state index >= 15 is 0 Å². The number of nitrogens with zero attached hydrogens (tertiary/aromatic N) is 2. The molecule has 0 spiro atoms. The van der Waals surface area contributed by atoms with Crippen molar-refractivity contribution in [1.82, 2.24) is 9.80 Å². The van der Waals surface area contributed by atoms with Crippen molar-refractivity contribution in [3.63, 3.8) is 0 Å². The van der Waals surface area contributed by atoms with E-state index in [0.717, 1.165) is 37.7 Å². The van der Waals surface area contributed by atoms with Crippen LogP contribution in [0.15, 0.2) is 18.2 Å². The van der Waals surface area contributed by atoms with Crippen molar-refractivity contribution in [1.29, 1.82) is 0 Å². The summed E-state index contributed by atoms with van der Waals surface area (Å²) in [5, 5.41) is 1.18. The quantitative estimate of drug-likeness (QED) is 0.779. The van der Waals surface area contributed by atoms with Gasteiger partial charge < -0.3 is 9.64 Å². The van der Waals surface area contributed by atoms with Crippen LogP contribution in [0.2, 0.25) is 10.0 Å². The molecule has 1 saturated carbocycles. The monoisotopic (exact) mass is 396 g/mol. The number of rotatable bonds is 4. The molecule has 4 rings (SSSR count). The average molecular weight is 397 g/mol. The first-order valence-corrected chi connectivity index (χ1v) is 10.4. The number of hydrogen-bond donors (Lipinski definition) is 0. The van der Waals surface area contributed by atoms with Crippen LogP contribution in [0.4, 0.5) is 0 Å². The standard InChI is InChI=1S/C20H26Cl2N2O2/c21-16-3-4-17(18(22)13-16)20(5-11-26-12-6-20)19(25)24-9-7-23(8-10-24)14-15-1-2-15/h3-4,13,15H,1-2,5-12,14H2. The number of carbonyl (C=O) groups is 1. The van der Waals surface area contributed by atoms with E-state index in [9.17, 15) is 4.79 Å². The van der Waals surface area contributed by atoms with Crippen LogP contribution in [0.1, 0.15) is 31.2 Å². The summed E-state index contributed by atoms with van der Waals surface area (Å²) in [7, 11) is 0. The van der Waals surface area contributed by atoms with Crippen LogP contribution in [0.25, 0.3) is 0 Å². The molecule has 26 heavy (non-hydrogen) atoms. The summed E-state index contributed by atoms with van der Waals surface area (Å²) in [5.74, 6) is 1.10. The topological polar surface area (TPSA) is 32.8 Å². The van der Waals surface area contributed by atoms with E-state index in [-0.39, 0.29) is 5.91 Å². The molecular weight excluding hydrogens is 371 g/mol. The largest absolute Gasteiger partial charge is 0.381 e. The molecule has 1 aliphatic carbocycles. The van der Waals surface area contributed by atoms with Crippen LogP contribution in [-0.2, 0) is 14.9 Å². The maximum Gasteiger partial charge on any atom is 0.233 e. The number of amides is 1. The Kier molecular flexibility index (Phi) is 5.47. The molecule has 1 aromatic carbocycles. The SMILES string of the molecule is O=C(N1CCN(CC2CC2)CC1)C1(c2ccc(Cl)cc2Cl)CCOCC1. The van der Waals surface area contributed by atoms with E-state index in [0.29, 0.717) is 36.1 Å². The van der Waals surface area contributed by atoms with Crippen LogP contribution in [0.5, 0.6) is 0 Å². The molecule has 4 nitrogen and oxygen atoms in total. The van der Waals surface area contributed by atoms with E-state index < -0.39 is 5.41 Å². The normalized spacial score (nSPS) is 23.8. The van der Waals surface area contributed by atoms with Gasteiger partial charge in [-0.2, -0.15) is 0 Å². The molecule has 142 valence electrons. The molecule has 3 fully saturated rings. The van der Waals surface area contributed by atoms with Crippen molar-refractivity contribution in [2.45, 2.75) is 31.1 Å². The molecule has 1 aromatic rings. The molecule has 2 saturated heterocycles. The van der Waals surface area contributed by atoms with E-state index in [4.69, 9.17) is 27.9 Å². The minimum Gasteiger partial charge on any atom is -0.381 e. The number of halogens is 2. The molecule has 0 bridgehead atoms. The maximum absolute atomic E-state index is 13.6. The molecule has 2 aliphatic heterocycles. The Morgan fingerprint density at radius 2 is 1.81 bits per heavy atom. The highest BCUT2D eigenvalue weighted by Crippen LogP contribution is 2.41. The number of ether oxygens (including phenoxy) is 1. The number of piperazine rings is 1. The number of benzene rings is 1. The van der Waals surface area contributed by atoms with Gasteiger partial charge in [-0.25, -0.2) is 0 Å². The molecule has 0 aromatic heterocycles. The number of hydrogen-bond acceptors (Lipinski definition) is 3. The predicted molar refractivity (Wildman–Crippen MR) is 104 cm³/mol. The fourth-order valence-electron chi connectivity index (χ4n) is 4.30. The summed E-state index contributed by atoms with van der Waals surface area (Å²) in [6.07, 6.45) is 4.10. The van der Waals surface area contributed by atoms with Crippen molar-refractivity contribution in [2.24, 2.45) is 5.92 Å². The Labute approximate surface area is 165 Å². The summed E-state index contributed by atoms with van der Waals surface area (Å²) in [5.41, 5.74) is 0.316. The van der Waals surface area contributed by atoms with Crippen LogP contribution in [-0.4, -0.2) is 61.6 Å². The van der Waals surface area contributed by atoms with Crippen molar-refractivity contribution in [3.8, 4) is 0 Å². The van der Waals surface area contributed by atoms with Crippen molar-refractivity contribution in [2.75, 3.05) is 45.9 Å². The number of carbonyl (C=O) groups excluding carboxylic acids is 1. The molecule has 0 atom stereocenters. The fraction of sp³-hybridized carbons (Fsp3) is 0.650. The van der Waals surface area contributed by atoms with Crippen molar-refractivity contribution in [3.05, 3.63) is 33.8 Å². The Balaban J connectivity index is 1.53. The first kappa shape index (κ1) is 18.5. The smallest absolute Gasteiger partial charge is 0.233 e. The third-order valence-electron chi connectivity index (χ3n) is 6.08. The molecule has 0 N–H and O–H groups in total. The molecule has 2 heterocycles. The van der Waals surface area contributed by atoms with Gasteiger partial charge in [0.1, 0.15) is 0 Å². The third-order valence-corrected chi connectivity index (χ3v) is 6.62. The van der Waals surface area contributed by atoms with Crippen LogP contribution in [0, 0.1) is 5.92 Å². The van der Waals surface area contributed by atoms with Gasteiger partial charge in [0.25, 0.3) is 0 Å². The first-order valence-electron chi connectivity index (χ1n) is 9.63. The second-order valence-electron chi connectivity index (χ2n) is 7.85. The van der Waals surface area contributed by atoms with Crippen LogP contribution >= 0.6 is 23.2 Å². The van der Waals surface area contributed by atoms with Gasteiger partial charge >= 0.3 is 0 Å². The highest BCUT2D eigenvalue weighted by molar-refractivity contribution is 6.35. The van der Waals surface area contributed by atoms with Crippen LogP contribution in [0.3, 0.4) is 0 Å². The lowest BCUT2D eigenvalue weighted by atomic mass is 9.72. The summed E-state index contributed by atoms with van der Waals surface area (Å²) >= 11 is 12.6. The van der Waals surface area contributed by atoms with Crippen molar-refractivity contribution >= 4 is 29.1 Å². The van der Waals surface area contributed by atoms with Gasteiger partial charge in [-0.3, -0.25) is 9.69 Å². The van der Waals surface area contributed by atoms with Crippen molar-refractivity contribution < 1.29 is 9.53 Å². The predicted octanol–water partition coefficient (Wildman–Crippen LogP) is 3.60. The minimum atomic E-state index is -0.585. The zero-order valence-electron chi connectivity index (χ0n) is 15.1. The molecule has 1 amide bonds. The van der Waals surface area contributed by atoms with Gasteiger partial charge in [-0.05, 0) is 49.3 Å². The molecule has 0 radical (unpaired) electrons. The highest BCUT2D eigenvalue weighted by Gasteiger charge is 2.45. The van der Waals surface area contributed by atoms with Gasteiger partial charge in [-0.1, -0.05) is 29.3 Å². The van der Waals surface area contributed by atoms with E-state index in [1.807, 2.05) is 17.0 Å².